The first-order chi connectivity index (χ1) is 9.47. The highest BCUT2D eigenvalue weighted by atomic mass is 35.5. The number of aromatic nitrogens is 2. The van der Waals surface area contributed by atoms with E-state index >= 15 is 0 Å². The molecule has 7 heteroatoms. The van der Waals surface area contributed by atoms with Crippen molar-refractivity contribution < 1.29 is 13.2 Å². The Morgan fingerprint density at radius 2 is 1.80 bits per heavy atom. The summed E-state index contributed by atoms with van der Waals surface area (Å²) in [5.74, 6) is -2.08. The molecule has 0 saturated carbocycles. The van der Waals surface area contributed by atoms with E-state index < -0.39 is 17.5 Å². The van der Waals surface area contributed by atoms with E-state index in [9.17, 15) is 13.2 Å². The lowest BCUT2D eigenvalue weighted by atomic mass is 10.2. The van der Waals surface area contributed by atoms with Crippen LogP contribution in [0.1, 0.15) is 0 Å². The van der Waals surface area contributed by atoms with Crippen LogP contribution in [-0.4, -0.2) is 9.55 Å². The van der Waals surface area contributed by atoms with E-state index in [-0.39, 0.29) is 15.5 Å². The van der Waals surface area contributed by atoms with Gasteiger partial charge in [0.15, 0.2) is 4.77 Å². The molecular formula is C13H6ClF3N2S. The summed E-state index contributed by atoms with van der Waals surface area (Å²) in [5, 5.41) is -0.109. The summed E-state index contributed by atoms with van der Waals surface area (Å²) in [6.07, 6.45) is 0. The van der Waals surface area contributed by atoms with Gasteiger partial charge < -0.3 is 4.98 Å². The first kappa shape index (κ1) is 13.2. The molecule has 0 bridgehead atoms. The van der Waals surface area contributed by atoms with Crippen LogP contribution in [0.3, 0.4) is 0 Å². The van der Waals surface area contributed by atoms with Crippen LogP contribution in [0.4, 0.5) is 13.2 Å². The van der Waals surface area contributed by atoms with E-state index in [1.807, 2.05) is 0 Å². The highest BCUT2D eigenvalue weighted by Crippen LogP contribution is 2.26. The maximum Gasteiger partial charge on any atom is 0.182 e. The molecule has 1 heterocycles. The van der Waals surface area contributed by atoms with Gasteiger partial charge in [-0.2, -0.15) is 0 Å². The average molecular weight is 315 g/mol. The lowest BCUT2D eigenvalue weighted by Gasteiger charge is -2.06. The summed E-state index contributed by atoms with van der Waals surface area (Å²) in [6, 6.07) is 5.63. The minimum atomic E-state index is -0.776. The lowest BCUT2D eigenvalue weighted by Crippen LogP contribution is -1.98. The Morgan fingerprint density at radius 1 is 1.05 bits per heavy atom. The van der Waals surface area contributed by atoms with Gasteiger partial charge in [-0.15, -0.1) is 0 Å². The topological polar surface area (TPSA) is 20.7 Å². The molecule has 2 nitrogen and oxygen atoms in total. The Balaban J connectivity index is 2.39. The fraction of sp³-hybridized carbons (Fsp3) is 0. The Bertz CT molecular complexity index is 885. The van der Waals surface area contributed by atoms with Crippen molar-refractivity contribution in [2.45, 2.75) is 0 Å². The standard InChI is InChI=1S/C13H6ClF3N2S/c14-7-4-12-10(5-8(7)16)18-13(20)19(12)11-2-1-6(15)3-9(11)17/h1-5H,(H,18,20). The van der Waals surface area contributed by atoms with Gasteiger partial charge in [0, 0.05) is 12.1 Å². The van der Waals surface area contributed by atoms with E-state index in [1.54, 1.807) is 0 Å². The average Bonchev–Trinajstić information content (AvgIpc) is 2.66. The van der Waals surface area contributed by atoms with E-state index in [1.165, 1.54) is 22.8 Å². The number of hydrogen-bond donors (Lipinski definition) is 1. The molecule has 0 aliphatic heterocycles. The van der Waals surface area contributed by atoms with Crippen molar-refractivity contribution in [2.75, 3.05) is 0 Å². The summed E-state index contributed by atoms with van der Waals surface area (Å²) in [5.41, 5.74) is 0.845. The number of fused-ring (bicyclic) bond motifs is 1. The molecule has 0 aliphatic rings. The first-order valence-electron chi connectivity index (χ1n) is 5.52. The van der Waals surface area contributed by atoms with E-state index in [0.717, 1.165) is 12.1 Å². The van der Waals surface area contributed by atoms with Gasteiger partial charge >= 0.3 is 0 Å². The van der Waals surface area contributed by atoms with Crippen molar-refractivity contribution in [2.24, 2.45) is 0 Å². The molecule has 0 atom stereocenters. The third kappa shape index (κ3) is 2.01. The molecule has 3 aromatic rings. The number of halogens is 4. The van der Waals surface area contributed by atoms with E-state index in [0.29, 0.717) is 11.0 Å². The second-order valence-corrected chi connectivity index (χ2v) is 4.94. The van der Waals surface area contributed by atoms with Gasteiger partial charge in [-0.3, -0.25) is 4.57 Å². The zero-order chi connectivity index (χ0) is 14.4. The second kappa shape index (κ2) is 4.64. The van der Waals surface area contributed by atoms with Crippen LogP contribution in [-0.2, 0) is 0 Å². The van der Waals surface area contributed by atoms with Gasteiger partial charge in [0.1, 0.15) is 17.5 Å². The van der Waals surface area contributed by atoms with Crippen LogP contribution in [0.25, 0.3) is 16.7 Å². The van der Waals surface area contributed by atoms with Crippen molar-refractivity contribution in [3.63, 3.8) is 0 Å². The number of imidazole rings is 1. The van der Waals surface area contributed by atoms with Crippen LogP contribution in [0.2, 0.25) is 5.02 Å². The second-order valence-electron chi connectivity index (χ2n) is 4.14. The van der Waals surface area contributed by atoms with Crippen molar-refractivity contribution in [1.82, 2.24) is 9.55 Å². The van der Waals surface area contributed by atoms with Gasteiger partial charge in [0.25, 0.3) is 0 Å². The van der Waals surface area contributed by atoms with Crippen LogP contribution in [0.15, 0.2) is 30.3 Å². The Morgan fingerprint density at radius 3 is 2.50 bits per heavy atom. The highest BCUT2D eigenvalue weighted by molar-refractivity contribution is 7.71. The molecule has 1 aromatic heterocycles. The number of aromatic amines is 1. The van der Waals surface area contributed by atoms with Crippen LogP contribution >= 0.6 is 23.8 Å². The van der Waals surface area contributed by atoms with Gasteiger partial charge in [-0.05, 0) is 30.4 Å². The number of nitrogens with zero attached hydrogens (tertiary/aromatic N) is 1. The first-order valence-corrected chi connectivity index (χ1v) is 6.31. The minimum absolute atomic E-state index is 0.0605. The molecular weight excluding hydrogens is 309 g/mol. The summed E-state index contributed by atoms with van der Waals surface area (Å²) < 4.78 is 41.7. The predicted octanol–water partition coefficient (Wildman–Crippen LogP) is 4.76. The van der Waals surface area contributed by atoms with Crippen molar-refractivity contribution >= 4 is 34.9 Å². The maximum atomic E-state index is 13.9. The molecule has 0 fully saturated rings. The molecule has 0 amide bonds. The van der Waals surface area contributed by atoms with Gasteiger partial charge in [0.05, 0.1) is 21.7 Å². The molecule has 1 N–H and O–H groups in total. The van der Waals surface area contributed by atoms with Gasteiger partial charge in [-0.1, -0.05) is 11.6 Å². The molecule has 20 heavy (non-hydrogen) atoms. The van der Waals surface area contributed by atoms with Crippen molar-refractivity contribution in [3.05, 3.63) is 57.6 Å². The predicted molar refractivity (Wildman–Crippen MR) is 73.3 cm³/mol. The number of nitrogens with one attached hydrogen (secondary N) is 1. The molecule has 0 aliphatic carbocycles. The third-order valence-corrected chi connectivity index (χ3v) is 3.45. The van der Waals surface area contributed by atoms with Crippen LogP contribution in [0, 0.1) is 22.2 Å². The number of rotatable bonds is 1. The van der Waals surface area contributed by atoms with E-state index in [2.05, 4.69) is 4.98 Å². The fourth-order valence-corrected chi connectivity index (χ4v) is 2.47. The molecule has 0 saturated heterocycles. The Kier molecular flexibility index (Phi) is 3.07. The molecule has 0 unspecified atom stereocenters. The molecule has 0 radical (unpaired) electrons. The van der Waals surface area contributed by atoms with Crippen molar-refractivity contribution in [1.29, 1.82) is 0 Å². The zero-order valence-electron chi connectivity index (χ0n) is 9.75. The number of hydrogen-bond acceptors (Lipinski definition) is 1. The Hall–Kier alpha value is -1.79. The quantitative estimate of drug-likeness (QED) is 0.642. The summed E-state index contributed by atoms with van der Waals surface area (Å²) >= 11 is 10.8. The van der Waals surface area contributed by atoms with Crippen LogP contribution < -0.4 is 0 Å². The van der Waals surface area contributed by atoms with Crippen molar-refractivity contribution in [3.8, 4) is 5.69 Å². The van der Waals surface area contributed by atoms with E-state index in [4.69, 9.17) is 23.8 Å². The SMILES string of the molecule is Fc1ccc(-n2c(=S)[nH]c3cc(F)c(Cl)cc32)c(F)c1. The summed E-state index contributed by atoms with van der Waals surface area (Å²) in [7, 11) is 0. The molecule has 2 aromatic carbocycles. The number of benzene rings is 2. The Labute approximate surface area is 121 Å². The highest BCUT2D eigenvalue weighted by Gasteiger charge is 2.13. The van der Waals surface area contributed by atoms with Gasteiger partial charge in [0.2, 0.25) is 0 Å². The smallest absolute Gasteiger partial charge is 0.182 e. The number of H-pyrrole nitrogens is 1. The summed E-state index contributed by atoms with van der Waals surface area (Å²) in [6.45, 7) is 0. The normalized spacial score (nSPS) is 11.2. The molecule has 3 rings (SSSR count). The fourth-order valence-electron chi connectivity index (χ4n) is 2.00. The summed E-state index contributed by atoms with van der Waals surface area (Å²) in [4.78, 5) is 2.75. The minimum Gasteiger partial charge on any atom is -0.330 e. The lowest BCUT2D eigenvalue weighted by molar-refractivity contribution is 0.578. The van der Waals surface area contributed by atoms with Crippen LogP contribution in [0.5, 0.6) is 0 Å². The maximum absolute atomic E-state index is 13.9. The largest absolute Gasteiger partial charge is 0.330 e. The molecule has 0 spiro atoms. The zero-order valence-corrected chi connectivity index (χ0v) is 11.3. The molecule has 102 valence electrons. The third-order valence-electron chi connectivity index (χ3n) is 2.87. The monoisotopic (exact) mass is 314 g/mol. The van der Waals surface area contributed by atoms with Gasteiger partial charge in [-0.25, -0.2) is 13.2 Å².